The number of rotatable bonds is 4. The van der Waals surface area contributed by atoms with Crippen LogP contribution in [0.2, 0.25) is 0 Å². The Bertz CT molecular complexity index is 159. The van der Waals surface area contributed by atoms with Gasteiger partial charge in [0.15, 0.2) is 0 Å². The monoisotopic (exact) mass is 171 g/mol. The molecule has 12 heavy (non-hydrogen) atoms. The molecule has 0 radical (unpaired) electrons. The molecule has 1 fully saturated rings. The van der Waals surface area contributed by atoms with E-state index in [0.29, 0.717) is 6.61 Å². The molecular weight excluding hydrogens is 154 g/mol. The van der Waals surface area contributed by atoms with Crippen molar-refractivity contribution in [2.24, 2.45) is 0 Å². The summed E-state index contributed by atoms with van der Waals surface area (Å²) in [6.45, 7) is 6.54. The van der Waals surface area contributed by atoms with Gasteiger partial charge < -0.3 is 4.74 Å². The van der Waals surface area contributed by atoms with Crippen LogP contribution in [0.3, 0.4) is 0 Å². The van der Waals surface area contributed by atoms with Gasteiger partial charge in [-0.15, -0.1) is 0 Å². The maximum absolute atomic E-state index is 11.2. The van der Waals surface area contributed by atoms with Crippen LogP contribution in [0.15, 0.2) is 0 Å². The van der Waals surface area contributed by atoms with Crippen LogP contribution in [-0.2, 0) is 9.53 Å². The number of carbonyl (C=O) groups is 1. The molecule has 1 aliphatic rings. The number of likely N-dealkylation sites (tertiary alicyclic amines) is 1. The third-order valence-electron chi connectivity index (χ3n) is 2.20. The molecule has 3 heteroatoms. The summed E-state index contributed by atoms with van der Waals surface area (Å²) < 4.78 is 4.94. The lowest BCUT2D eigenvalue weighted by Crippen LogP contribution is -2.53. The molecule has 3 nitrogen and oxygen atoms in total. The summed E-state index contributed by atoms with van der Waals surface area (Å²) in [4.78, 5) is 13.4. The third-order valence-corrected chi connectivity index (χ3v) is 2.20. The first-order valence-corrected chi connectivity index (χ1v) is 4.70. The van der Waals surface area contributed by atoms with E-state index in [-0.39, 0.29) is 12.0 Å². The molecule has 70 valence electrons. The largest absolute Gasteiger partial charge is 0.465 e. The fourth-order valence-corrected chi connectivity index (χ4v) is 1.50. The molecule has 0 amide bonds. The van der Waals surface area contributed by atoms with E-state index in [0.717, 1.165) is 25.9 Å². The van der Waals surface area contributed by atoms with E-state index in [2.05, 4.69) is 11.8 Å². The summed E-state index contributed by atoms with van der Waals surface area (Å²) in [6, 6.07) is 0.0601. The predicted molar refractivity (Wildman–Crippen MR) is 46.9 cm³/mol. The Morgan fingerprint density at radius 2 is 2.33 bits per heavy atom. The van der Waals surface area contributed by atoms with E-state index in [9.17, 15) is 4.79 Å². The van der Waals surface area contributed by atoms with Crippen LogP contribution in [-0.4, -0.2) is 36.6 Å². The molecule has 1 unspecified atom stereocenters. The van der Waals surface area contributed by atoms with Crippen molar-refractivity contribution < 1.29 is 9.53 Å². The van der Waals surface area contributed by atoms with E-state index in [1.165, 1.54) is 0 Å². The lowest BCUT2D eigenvalue weighted by molar-refractivity contribution is -0.154. The third kappa shape index (κ3) is 1.97. The Morgan fingerprint density at radius 3 is 2.75 bits per heavy atom. The molecule has 0 aromatic carbocycles. The number of ether oxygens (including phenoxy) is 1. The van der Waals surface area contributed by atoms with Crippen molar-refractivity contribution in [3.63, 3.8) is 0 Å². The van der Waals surface area contributed by atoms with E-state index in [1.54, 1.807) is 0 Å². The molecular formula is C9H17NO2. The molecule has 1 aliphatic heterocycles. The minimum Gasteiger partial charge on any atom is -0.465 e. The highest BCUT2D eigenvalue weighted by Gasteiger charge is 2.34. The van der Waals surface area contributed by atoms with Crippen molar-refractivity contribution >= 4 is 5.97 Å². The first kappa shape index (κ1) is 9.52. The van der Waals surface area contributed by atoms with Crippen molar-refractivity contribution in [2.45, 2.75) is 32.7 Å². The summed E-state index contributed by atoms with van der Waals surface area (Å²) in [5, 5.41) is 0. The maximum Gasteiger partial charge on any atom is 0.323 e. The van der Waals surface area contributed by atoms with E-state index in [4.69, 9.17) is 4.74 Å². The van der Waals surface area contributed by atoms with Crippen molar-refractivity contribution in [2.75, 3.05) is 19.7 Å². The first-order valence-electron chi connectivity index (χ1n) is 4.70. The fourth-order valence-electron chi connectivity index (χ4n) is 1.50. The van der Waals surface area contributed by atoms with Gasteiger partial charge in [-0.1, -0.05) is 6.92 Å². The average Bonchev–Trinajstić information content (AvgIpc) is 1.98. The molecule has 0 N–H and O–H groups in total. The second-order valence-electron chi connectivity index (χ2n) is 3.09. The minimum atomic E-state index is -0.0443. The maximum atomic E-state index is 11.2. The molecule has 1 rings (SSSR count). The Labute approximate surface area is 73.7 Å². The highest BCUT2D eigenvalue weighted by Crippen LogP contribution is 2.18. The topological polar surface area (TPSA) is 29.5 Å². The Morgan fingerprint density at radius 1 is 1.58 bits per heavy atom. The van der Waals surface area contributed by atoms with Gasteiger partial charge in [-0.05, 0) is 26.3 Å². The molecule has 0 spiro atoms. The van der Waals surface area contributed by atoms with E-state index >= 15 is 0 Å². The number of carbonyl (C=O) groups excluding carboxylic acids is 1. The van der Waals surface area contributed by atoms with Gasteiger partial charge in [0.05, 0.1) is 6.61 Å². The lowest BCUT2D eigenvalue weighted by atomic mass is 10.0. The van der Waals surface area contributed by atoms with Gasteiger partial charge in [0.2, 0.25) is 0 Å². The highest BCUT2D eigenvalue weighted by molar-refractivity contribution is 5.76. The van der Waals surface area contributed by atoms with Gasteiger partial charge >= 0.3 is 5.97 Å². The summed E-state index contributed by atoms with van der Waals surface area (Å²) >= 11 is 0. The van der Waals surface area contributed by atoms with Crippen LogP contribution in [0.1, 0.15) is 26.7 Å². The SMILES string of the molecule is CCCN1CCC1C(=O)OCC. The van der Waals surface area contributed by atoms with Crippen LogP contribution >= 0.6 is 0 Å². The minimum absolute atomic E-state index is 0.0443. The number of hydrogen-bond donors (Lipinski definition) is 0. The van der Waals surface area contributed by atoms with Gasteiger partial charge in [-0.3, -0.25) is 9.69 Å². The lowest BCUT2D eigenvalue weighted by Gasteiger charge is -2.38. The normalized spacial score (nSPS) is 23.3. The molecule has 0 bridgehead atoms. The summed E-state index contributed by atoms with van der Waals surface area (Å²) in [7, 11) is 0. The smallest absolute Gasteiger partial charge is 0.323 e. The number of nitrogens with zero attached hydrogens (tertiary/aromatic N) is 1. The summed E-state index contributed by atoms with van der Waals surface area (Å²) in [6.07, 6.45) is 2.08. The van der Waals surface area contributed by atoms with E-state index < -0.39 is 0 Å². The first-order chi connectivity index (χ1) is 5.79. The molecule has 1 atom stereocenters. The summed E-state index contributed by atoms with van der Waals surface area (Å²) in [5.41, 5.74) is 0. The molecule has 1 heterocycles. The van der Waals surface area contributed by atoms with Gasteiger partial charge in [0.1, 0.15) is 6.04 Å². The van der Waals surface area contributed by atoms with Crippen LogP contribution < -0.4 is 0 Å². The van der Waals surface area contributed by atoms with Crippen LogP contribution in [0.5, 0.6) is 0 Å². The van der Waals surface area contributed by atoms with E-state index in [1.807, 2.05) is 6.92 Å². The van der Waals surface area contributed by atoms with Crippen LogP contribution in [0, 0.1) is 0 Å². The van der Waals surface area contributed by atoms with Crippen molar-refractivity contribution in [3.05, 3.63) is 0 Å². The summed E-state index contributed by atoms with van der Waals surface area (Å²) in [5.74, 6) is -0.0443. The van der Waals surface area contributed by atoms with Crippen molar-refractivity contribution in [1.82, 2.24) is 4.90 Å². The highest BCUT2D eigenvalue weighted by atomic mass is 16.5. The molecule has 1 saturated heterocycles. The quantitative estimate of drug-likeness (QED) is 0.592. The second-order valence-corrected chi connectivity index (χ2v) is 3.09. The molecule has 0 saturated carbocycles. The molecule has 0 aromatic heterocycles. The van der Waals surface area contributed by atoms with Crippen LogP contribution in [0.4, 0.5) is 0 Å². The Balaban J connectivity index is 2.27. The number of hydrogen-bond acceptors (Lipinski definition) is 3. The zero-order chi connectivity index (χ0) is 8.97. The second kappa shape index (κ2) is 4.45. The average molecular weight is 171 g/mol. The standard InChI is InChI=1S/C9H17NO2/c1-3-6-10-7-5-8(10)9(11)12-4-2/h8H,3-7H2,1-2H3. The van der Waals surface area contributed by atoms with Gasteiger partial charge in [-0.25, -0.2) is 0 Å². The van der Waals surface area contributed by atoms with Crippen molar-refractivity contribution in [3.8, 4) is 0 Å². The molecule has 0 aliphatic carbocycles. The Hall–Kier alpha value is -0.570. The molecule has 0 aromatic rings. The zero-order valence-corrected chi connectivity index (χ0v) is 7.88. The Kier molecular flexibility index (Phi) is 3.53. The van der Waals surface area contributed by atoms with Crippen molar-refractivity contribution in [1.29, 1.82) is 0 Å². The van der Waals surface area contributed by atoms with Crippen LogP contribution in [0.25, 0.3) is 0 Å². The zero-order valence-electron chi connectivity index (χ0n) is 7.88. The number of esters is 1. The van der Waals surface area contributed by atoms with Gasteiger partial charge in [-0.2, -0.15) is 0 Å². The fraction of sp³-hybridized carbons (Fsp3) is 0.889. The predicted octanol–water partition coefficient (Wildman–Crippen LogP) is 1.03. The van der Waals surface area contributed by atoms with Gasteiger partial charge in [0.25, 0.3) is 0 Å². The van der Waals surface area contributed by atoms with Gasteiger partial charge in [0, 0.05) is 6.54 Å².